The van der Waals surface area contributed by atoms with E-state index in [0.717, 1.165) is 27.8 Å². The molecular formula is C48H51FN4O3SSi. The molecule has 1 aliphatic heterocycles. The number of nitrogens with one attached hydrogen (secondary N) is 1. The smallest absolute Gasteiger partial charge is 0.270 e. The van der Waals surface area contributed by atoms with Crippen molar-refractivity contribution in [1.82, 2.24) is 19.6 Å². The molecule has 0 fully saturated rings. The van der Waals surface area contributed by atoms with Gasteiger partial charge in [-0.05, 0) is 78.0 Å². The molecule has 1 unspecified atom stereocenters. The van der Waals surface area contributed by atoms with Crippen molar-refractivity contribution in [2.75, 3.05) is 6.61 Å². The molecule has 1 N–H and O–H groups in total. The van der Waals surface area contributed by atoms with Crippen LogP contribution in [0, 0.1) is 5.82 Å². The van der Waals surface area contributed by atoms with E-state index >= 15 is 0 Å². The van der Waals surface area contributed by atoms with E-state index in [2.05, 4.69) is 90.0 Å². The predicted molar refractivity (Wildman–Crippen MR) is 235 cm³/mol. The second-order valence-electron chi connectivity index (χ2n) is 16.8. The van der Waals surface area contributed by atoms with Crippen molar-refractivity contribution in [3.05, 3.63) is 168 Å². The Kier molecular flexibility index (Phi) is 12.1. The van der Waals surface area contributed by atoms with Gasteiger partial charge in [0.1, 0.15) is 16.3 Å². The highest BCUT2D eigenvalue weighted by molar-refractivity contribution is 7.90. The van der Waals surface area contributed by atoms with Gasteiger partial charge in [0.2, 0.25) is 0 Å². The van der Waals surface area contributed by atoms with E-state index in [4.69, 9.17) is 9.41 Å². The average molecular weight is 811 g/mol. The van der Waals surface area contributed by atoms with E-state index in [0.29, 0.717) is 30.8 Å². The highest BCUT2D eigenvalue weighted by Crippen LogP contribution is 2.46. The Morgan fingerprint density at radius 2 is 1.48 bits per heavy atom. The Labute approximate surface area is 346 Å². The molecule has 58 heavy (non-hydrogen) atoms. The lowest BCUT2D eigenvalue weighted by Crippen LogP contribution is -2.66. The summed E-state index contributed by atoms with van der Waals surface area (Å²) in [5.74, 6) is -0.807. The van der Waals surface area contributed by atoms with Gasteiger partial charge in [-0.3, -0.25) is 9.78 Å². The maximum absolute atomic E-state index is 14.6. The van der Waals surface area contributed by atoms with E-state index < -0.39 is 30.3 Å². The molecule has 1 aliphatic rings. The number of hydrogen-bond acceptors (Lipinski definition) is 6. The van der Waals surface area contributed by atoms with Crippen LogP contribution in [0.15, 0.2) is 140 Å². The summed E-state index contributed by atoms with van der Waals surface area (Å²) < 4.78 is 38.0. The van der Waals surface area contributed by atoms with Crippen LogP contribution in [0.3, 0.4) is 0 Å². The maximum atomic E-state index is 14.6. The summed E-state index contributed by atoms with van der Waals surface area (Å²) in [4.78, 5) is 23.4. The van der Waals surface area contributed by atoms with Gasteiger partial charge in [-0.25, -0.2) is 9.37 Å². The quantitative estimate of drug-likeness (QED) is 0.0980. The van der Waals surface area contributed by atoms with Crippen molar-refractivity contribution in [1.29, 1.82) is 0 Å². The lowest BCUT2D eigenvalue weighted by molar-refractivity contribution is 0.0945. The minimum absolute atomic E-state index is 0.0124. The molecule has 1 amide bonds. The van der Waals surface area contributed by atoms with Crippen LogP contribution >= 0.6 is 0 Å². The standard InChI is InChI=1S/C48H51FN4O3SSi/c1-47(2,3)57(55)53-33-38-30-42(46(54)51-32-37-17-13-14-25-41(37)49)52-45(35-19-15-18-34(29-35)36-20-16-27-50-31-36)44(38)43(53)26-28-56-58(48(4,5)6,39-21-9-7-10-22-39)40-23-11-8-12-24-40/h7-25,27,29-31,43H,26,28,32-33H2,1-6H3,(H,51,54)/t43-,57?/m1/s1. The number of nitrogens with zero attached hydrogens (tertiary/aromatic N) is 3. The normalized spacial score (nSPS) is 15.2. The molecule has 0 radical (unpaired) electrons. The number of carbonyl (C=O) groups excluding carboxylic acids is 1. The van der Waals surface area contributed by atoms with Gasteiger partial charge in [-0.15, -0.1) is 4.31 Å². The molecular weight excluding hydrogens is 760 g/mol. The largest absolute Gasteiger partial charge is 0.597 e. The topological polar surface area (TPSA) is 90.4 Å². The molecule has 0 bridgehead atoms. The average Bonchev–Trinajstić information content (AvgIpc) is 3.59. The number of halogens is 1. The molecule has 3 heterocycles. The molecule has 0 aliphatic carbocycles. The van der Waals surface area contributed by atoms with Crippen LogP contribution in [-0.4, -0.2) is 44.4 Å². The van der Waals surface area contributed by atoms with Gasteiger partial charge in [0, 0.05) is 59.2 Å². The van der Waals surface area contributed by atoms with E-state index in [1.807, 2.05) is 75.5 Å². The Morgan fingerprint density at radius 3 is 2.10 bits per heavy atom. The van der Waals surface area contributed by atoms with E-state index in [1.165, 1.54) is 16.4 Å². The van der Waals surface area contributed by atoms with E-state index in [1.54, 1.807) is 24.4 Å². The van der Waals surface area contributed by atoms with Crippen LogP contribution in [0.4, 0.5) is 4.39 Å². The van der Waals surface area contributed by atoms with Crippen LogP contribution in [-0.2, 0) is 28.9 Å². The van der Waals surface area contributed by atoms with Crippen molar-refractivity contribution in [3.63, 3.8) is 0 Å². The molecule has 7 rings (SSSR count). The van der Waals surface area contributed by atoms with Crippen LogP contribution < -0.4 is 15.7 Å². The van der Waals surface area contributed by atoms with Gasteiger partial charge in [-0.1, -0.05) is 124 Å². The molecule has 10 heteroatoms. The number of fused-ring (bicyclic) bond motifs is 1. The van der Waals surface area contributed by atoms with Gasteiger partial charge in [-0.2, -0.15) is 0 Å². The zero-order valence-electron chi connectivity index (χ0n) is 34.0. The molecule has 4 aromatic carbocycles. The first-order chi connectivity index (χ1) is 27.8. The summed E-state index contributed by atoms with van der Waals surface area (Å²) in [5, 5.41) is 5.05. The number of rotatable bonds is 12. The lowest BCUT2D eigenvalue weighted by Gasteiger charge is -2.43. The monoisotopic (exact) mass is 810 g/mol. The summed E-state index contributed by atoms with van der Waals surface area (Å²) in [6.07, 6.45) is 4.10. The minimum atomic E-state index is -2.88. The molecule has 6 aromatic rings. The van der Waals surface area contributed by atoms with Gasteiger partial charge in [0.25, 0.3) is 14.2 Å². The van der Waals surface area contributed by atoms with Gasteiger partial charge in [0.15, 0.2) is 0 Å². The molecule has 0 saturated carbocycles. The first kappa shape index (κ1) is 41.2. The minimum Gasteiger partial charge on any atom is -0.597 e. The number of aromatic nitrogens is 2. The zero-order chi connectivity index (χ0) is 41.1. The molecule has 2 atom stereocenters. The van der Waals surface area contributed by atoms with Gasteiger partial charge >= 0.3 is 0 Å². The fraction of sp³-hybridized carbons (Fsp3) is 0.271. The highest BCUT2D eigenvalue weighted by atomic mass is 32.2. The number of carbonyl (C=O) groups is 1. The summed E-state index contributed by atoms with van der Waals surface area (Å²) >= 11 is -1.42. The Morgan fingerprint density at radius 1 is 0.845 bits per heavy atom. The first-order valence-corrected chi connectivity index (χ1v) is 22.8. The Balaban J connectivity index is 1.33. The number of amides is 1. The zero-order valence-corrected chi connectivity index (χ0v) is 35.9. The van der Waals surface area contributed by atoms with Crippen LogP contribution in [0.25, 0.3) is 22.4 Å². The third-order valence-corrected chi connectivity index (χ3v) is 17.7. The van der Waals surface area contributed by atoms with Crippen LogP contribution in [0.5, 0.6) is 0 Å². The Hall–Kier alpha value is -4.97. The summed E-state index contributed by atoms with van der Waals surface area (Å²) in [7, 11) is -2.88. The summed E-state index contributed by atoms with van der Waals surface area (Å²) in [6, 6.07) is 41.0. The second kappa shape index (κ2) is 17.1. The second-order valence-corrected chi connectivity index (χ2v) is 23.3. The summed E-state index contributed by atoms with van der Waals surface area (Å²) in [5.41, 5.74) is 5.77. The van der Waals surface area contributed by atoms with Gasteiger partial charge < -0.3 is 14.3 Å². The molecule has 2 aromatic heterocycles. The molecule has 0 saturated heterocycles. The molecule has 298 valence electrons. The summed E-state index contributed by atoms with van der Waals surface area (Å²) in [6.45, 7) is 13.5. The first-order valence-electron chi connectivity index (χ1n) is 19.8. The fourth-order valence-corrected chi connectivity index (χ4v) is 14.0. The lowest BCUT2D eigenvalue weighted by atomic mass is 9.94. The Bertz CT molecular complexity index is 2310. The number of hydrogen-bond donors (Lipinski definition) is 1. The predicted octanol–water partition coefficient (Wildman–Crippen LogP) is 9.17. The third-order valence-electron chi connectivity index (χ3n) is 10.8. The van der Waals surface area contributed by atoms with Crippen molar-refractivity contribution >= 4 is 36.0 Å². The third kappa shape index (κ3) is 8.44. The highest BCUT2D eigenvalue weighted by Gasteiger charge is 2.51. The van der Waals surface area contributed by atoms with Gasteiger partial charge in [0.05, 0.1) is 18.3 Å². The molecule has 0 spiro atoms. The van der Waals surface area contributed by atoms with Crippen molar-refractivity contribution in [3.8, 4) is 22.4 Å². The SMILES string of the molecule is CC(C)(C)[S+]([O-])N1Cc2cc(C(=O)NCc3ccccc3F)nc(-c3cccc(-c4cccnc4)c3)c2[C@H]1CCO[Si](c1ccccc1)(c1ccccc1)C(C)(C)C. The van der Waals surface area contributed by atoms with Crippen LogP contribution in [0.2, 0.25) is 5.04 Å². The number of pyridine rings is 2. The van der Waals surface area contributed by atoms with E-state index in [9.17, 15) is 13.7 Å². The maximum Gasteiger partial charge on any atom is 0.270 e. The number of benzene rings is 4. The van der Waals surface area contributed by atoms with Crippen molar-refractivity contribution in [2.24, 2.45) is 0 Å². The van der Waals surface area contributed by atoms with E-state index in [-0.39, 0.29) is 29.1 Å². The molecule has 7 nitrogen and oxygen atoms in total. The van der Waals surface area contributed by atoms with Crippen molar-refractivity contribution < 1.29 is 18.2 Å². The van der Waals surface area contributed by atoms with Crippen molar-refractivity contribution in [2.45, 2.75) is 76.9 Å². The van der Waals surface area contributed by atoms with Crippen LogP contribution in [0.1, 0.15) is 81.2 Å². The fourth-order valence-electron chi connectivity index (χ4n) is 8.06.